The number of ether oxygens (including phenoxy) is 1. The number of amides is 2. The Morgan fingerprint density at radius 2 is 1.95 bits per heavy atom. The second-order valence-corrected chi connectivity index (χ2v) is 5.43. The van der Waals surface area contributed by atoms with Crippen LogP contribution >= 0.6 is 23.2 Å². The SMILES string of the molecule is COC(CNC(=O)Nc1cccc(Cl)c1)c1ccccc1Cl. The molecule has 0 aromatic heterocycles. The molecule has 0 aliphatic rings. The van der Waals surface area contributed by atoms with E-state index in [1.807, 2.05) is 18.2 Å². The molecule has 2 amide bonds. The number of benzene rings is 2. The molecule has 1 unspecified atom stereocenters. The van der Waals surface area contributed by atoms with Crippen molar-refractivity contribution in [3.8, 4) is 0 Å². The predicted molar refractivity (Wildman–Crippen MR) is 89.7 cm³/mol. The minimum atomic E-state index is -0.337. The Labute approximate surface area is 139 Å². The number of nitrogens with one attached hydrogen (secondary N) is 2. The van der Waals surface area contributed by atoms with Crippen molar-refractivity contribution in [2.45, 2.75) is 6.10 Å². The van der Waals surface area contributed by atoms with Gasteiger partial charge in [0.05, 0.1) is 0 Å². The van der Waals surface area contributed by atoms with E-state index in [9.17, 15) is 4.79 Å². The van der Waals surface area contributed by atoms with Crippen LogP contribution in [-0.2, 0) is 4.74 Å². The molecule has 6 heteroatoms. The van der Waals surface area contributed by atoms with E-state index >= 15 is 0 Å². The smallest absolute Gasteiger partial charge is 0.319 e. The van der Waals surface area contributed by atoms with Crippen molar-refractivity contribution < 1.29 is 9.53 Å². The monoisotopic (exact) mass is 338 g/mol. The molecular weight excluding hydrogens is 323 g/mol. The van der Waals surface area contributed by atoms with Gasteiger partial charge >= 0.3 is 6.03 Å². The van der Waals surface area contributed by atoms with E-state index in [4.69, 9.17) is 27.9 Å². The molecule has 0 radical (unpaired) electrons. The average molecular weight is 339 g/mol. The Bertz CT molecular complexity index is 650. The highest BCUT2D eigenvalue weighted by Crippen LogP contribution is 2.24. The maximum Gasteiger partial charge on any atom is 0.319 e. The number of methoxy groups -OCH3 is 1. The highest BCUT2D eigenvalue weighted by molar-refractivity contribution is 6.31. The fraction of sp³-hybridized carbons (Fsp3) is 0.188. The molecule has 0 heterocycles. The van der Waals surface area contributed by atoms with Crippen molar-refractivity contribution in [3.63, 3.8) is 0 Å². The number of hydrogen-bond acceptors (Lipinski definition) is 2. The van der Waals surface area contributed by atoms with Crippen molar-refractivity contribution in [1.29, 1.82) is 0 Å². The quantitative estimate of drug-likeness (QED) is 0.842. The molecule has 2 aromatic rings. The predicted octanol–water partition coefficient (Wildman–Crippen LogP) is 4.50. The average Bonchev–Trinajstić information content (AvgIpc) is 2.49. The molecule has 2 rings (SSSR count). The molecule has 4 nitrogen and oxygen atoms in total. The lowest BCUT2D eigenvalue weighted by atomic mass is 10.1. The maximum atomic E-state index is 11.9. The van der Waals surface area contributed by atoms with Gasteiger partial charge in [-0.25, -0.2) is 4.79 Å². The molecule has 2 aromatic carbocycles. The number of anilines is 1. The Morgan fingerprint density at radius 3 is 2.64 bits per heavy atom. The van der Waals surface area contributed by atoms with Crippen LogP contribution in [0.4, 0.5) is 10.5 Å². The summed E-state index contributed by atoms with van der Waals surface area (Å²) in [7, 11) is 1.57. The van der Waals surface area contributed by atoms with Crippen molar-refractivity contribution in [2.75, 3.05) is 19.0 Å². The highest BCUT2D eigenvalue weighted by Gasteiger charge is 2.14. The van der Waals surface area contributed by atoms with Gasteiger partial charge < -0.3 is 15.4 Å². The fourth-order valence-corrected chi connectivity index (χ4v) is 2.43. The van der Waals surface area contributed by atoms with Crippen LogP contribution in [0.15, 0.2) is 48.5 Å². The molecular formula is C16H16Cl2N2O2. The van der Waals surface area contributed by atoms with E-state index in [1.54, 1.807) is 37.4 Å². The number of urea groups is 1. The Balaban J connectivity index is 1.93. The number of hydrogen-bond donors (Lipinski definition) is 2. The van der Waals surface area contributed by atoms with Crippen LogP contribution < -0.4 is 10.6 Å². The summed E-state index contributed by atoms with van der Waals surface area (Å²) in [6.45, 7) is 0.298. The molecule has 116 valence electrons. The van der Waals surface area contributed by atoms with Crippen LogP contribution in [-0.4, -0.2) is 19.7 Å². The molecule has 0 saturated carbocycles. The van der Waals surface area contributed by atoms with Crippen LogP contribution in [0.5, 0.6) is 0 Å². The molecule has 0 spiro atoms. The molecule has 22 heavy (non-hydrogen) atoms. The first kappa shape index (κ1) is 16.6. The zero-order chi connectivity index (χ0) is 15.9. The third-order valence-electron chi connectivity index (χ3n) is 3.07. The lowest BCUT2D eigenvalue weighted by Crippen LogP contribution is -2.33. The summed E-state index contributed by atoms with van der Waals surface area (Å²) in [6.07, 6.45) is -0.321. The first-order valence-electron chi connectivity index (χ1n) is 6.68. The van der Waals surface area contributed by atoms with Crippen LogP contribution in [0.1, 0.15) is 11.7 Å². The number of halogens is 2. The minimum Gasteiger partial charge on any atom is -0.375 e. The molecule has 0 fully saturated rings. The third kappa shape index (κ3) is 4.63. The Hall–Kier alpha value is -1.75. The van der Waals surface area contributed by atoms with E-state index in [2.05, 4.69) is 10.6 Å². The van der Waals surface area contributed by atoms with E-state index in [0.29, 0.717) is 22.3 Å². The van der Waals surface area contributed by atoms with Gasteiger partial charge in [0.25, 0.3) is 0 Å². The van der Waals surface area contributed by atoms with Crippen molar-refractivity contribution in [2.24, 2.45) is 0 Å². The first-order valence-corrected chi connectivity index (χ1v) is 7.43. The van der Waals surface area contributed by atoms with Gasteiger partial charge in [0, 0.05) is 35.0 Å². The standard InChI is InChI=1S/C16H16Cl2N2O2/c1-22-15(13-7-2-3-8-14(13)18)10-19-16(21)20-12-6-4-5-11(17)9-12/h2-9,15H,10H2,1H3,(H2,19,20,21). The zero-order valence-electron chi connectivity index (χ0n) is 12.0. The van der Waals surface area contributed by atoms with Crippen LogP contribution in [0.25, 0.3) is 0 Å². The lowest BCUT2D eigenvalue weighted by molar-refractivity contribution is 0.104. The summed E-state index contributed by atoms with van der Waals surface area (Å²) in [5.41, 5.74) is 1.45. The number of carbonyl (C=O) groups is 1. The molecule has 2 N–H and O–H groups in total. The second-order valence-electron chi connectivity index (χ2n) is 4.59. The normalized spacial score (nSPS) is 11.8. The van der Waals surface area contributed by atoms with Crippen molar-refractivity contribution in [3.05, 3.63) is 64.1 Å². The van der Waals surface area contributed by atoms with E-state index in [-0.39, 0.29) is 12.1 Å². The topological polar surface area (TPSA) is 50.4 Å². The summed E-state index contributed by atoms with van der Waals surface area (Å²) in [6, 6.07) is 14.0. The fourth-order valence-electron chi connectivity index (χ4n) is 1.98. The van der Waals surface area contributed by atoms with E-state index < -0.39 is 0 Å². The van der Waals surface area contributed by atoms with Gasteiger partial charge in [-0.2, -0.15) is 0 Å². The van der Waals surface area contributed by atoms with E-state index in [1.165, 1.54) is 0 Å². The summed E-state index contributed by atoms with van der Waals surface area (Å²) in [5, 5.41) is 6.62. The maximum absolute atomic E-state index is 11.9. The van der Waals surface area contributed by atoms with Gasteiger partial charge in [0.2, 0.25) is 0 Å². The minimum absolute atomic E-state index is 0.298. The van der Waals surface area contributed by atoms with Gasteiger partial charge in [0.15, 0.2) is 0 Å². The Morgan fingerprint density at radius 1 is 1.18 bits per heavy atom. The molecule has 0 aliphatic heterocycles. The Kier molecular flexibility index (Phi) is 6.07. The summed E-state index contributed by atoms with van der Waals surface area (Å²) >= 11 is 12.0. The lowest BCUT2D eigenvalue weighted by Gasteiger charge is -2.18. The molecule has 0 saturated heterocycles. The number of rotatable bonds is 5. The second kappa shape index (κ2) is 8.03. The van der Waals surface area contributed by atoms with Crippen molar-refractivity contribution in [1.82, 2.24) is 5.32 Å². The summed E-state index contributed by atoms with van der Waals surface area (Å²) in [5.74, 6) is 0. The van der Waals surface area contributed by atoms with Crippen LogP contribution in [0.2, 0.25) is 10.0 Å². The van der Waals surface area contributed by atoms with Gasteiger partial charge in [-0.05, 0) is 24.3 Å². The van der Waals surface area contributed by atoms with Crippen LogP contribution in [0.3, 0.4) is 0 Å². The van der Waals surface area contributed by atoms with Gasteiger partial charge in [0.1, 0.15) is 6.10 Å². The highest BCUT2D eigenvalue weighted by atomic mass is 35.5. The molecule has 0 bridgehead atoms. The van der Waals surface area contributed by atoms with Gasteiger partial charge in [-0.3, -0.25) is 0 Å². The summed E-state index contributed by atoms with van der Waals surface area (Å²) in [4.78, 5) is 11.9. The van der Waals surface area contributed by atoms with Crippen LogP contribution in [0, 0.1) is 0 Å². The molecule has 1 atom stereocenters. The van der Waals surface area contributed by atoms with E-state index in [0.717, 1.165) is 5.56 Å². The number of carbonyl (C=O) groups excluding carboxylic acids is 1. The van der Waals surface area contributed by atoms with Crippen molar-refractivity contribution >= 4 is 34.9 Å². The largest absolute Gasteiger partial charge is 0.375 e. The molecule has 0 aliphatic carbocycles. The van der Waals surface area contributed by atoms with Gasteiger partial charge in [-0.15, -0.1) is 0 Å². The third-order valence-corrected chi connectivity index (χ3v) is 3.65. The zero-order valence-corrected chi connectivity index (χ0v) is 13.5. The first-order chi connectivity index (χ1) is 10.6. The van der Waals surface area contributed by atoms with Gasteiger partial charge in [-0.1, -0.05) is 47.5 Å². The summed E-state index contributed by atoms with van der Waals surface area (Å²) < 4.78 is 5.39.